The topological polar surface area (TPSA) is 45.8 Å². The molecule has 1 aromatic heterocycles. The van der Waals surface area contributed by atoms with E-state index >= 15 is 0 Å². The number of hydrogen-bond acceptors (Lipinski definition) is 2. The van der Waals surface area contributed by atoms with Crippen molar-refractivity contribution in [3.8, 4) is 0 Å². The van der Waals surface area contributed by atoms with Gasteiger partial charge in [-0.2, -0.15) is 8.78 Å². The first-order valence-corrected chi connectivity index (χ1v) is 4.37. The Bertz CT molecular complexity index is 503. The first-order valence-electron chi connectivity index (χ1n) is 4.37. The van der Waals surface area contributed by atoms with Gasteiger partial charge < -0.3 is 4.98 Å². The highest BCUT2D eigenvalue weighted by atomic mass is 19.3. The second-order valence-corrected chi connectivity index (χ2v) is 2.95. The van der Waals surface area contributed by atoms with Crippen LogP contribution in [0.3, 0.4) is 0 Å². The van der Waals surface area contributed by atoms with Crippen molar-refractivity contribution in [2.24, 2.45) is 0 Å². The lowest BCUT2D eigenvalue weighted by Crippen LogP contribution is -2.26. The number of alkyl halides is 2. The van der Waals surface area contributed by atoms with Crippen LogP contribution in [-0.4, -0.2) is 9.97 Å². The van der Waals surface area contributed by atoms with Gasteiger partial charge in [-0.3, -0.25) is 4.79 Å². The fraction of sp³-hybridized carbons (Fsp3) is 0.0909. The minimum absolute atomic E-state index is 0.145. The van der Waals surface area contributed by atoms with E-state index in [9.17, 15) is 13.6 Å². The van der Waals surface area contributed by atoms with Crippen LogP contribution in [0.1, 0.15) is 17.1 Å². The maximum Gasteiger partial charge on any atom is 0.313 e. The van der Waals surface area contributed by atoms with Gasteiger partial charge in [0.1, 0.15) is 0 Å². The van der Waals surface area contributed by atoms with E-state index in [1.54, 1.807) is 0 Å². The lowest BCUT2D eigenvalue weighted by molar-refractivity contribution is 0.0458. The maximum absolute atomic E-state index is 13.2. The number of hydrogen-bond donors (Lipinski definition) is 1. The standard InChI is InChI=1S/C11H10F2N2O/c1-4-7-8(5-2)15-10(16)9(14-7)11(12,13)6-3/h4-6H,1-3H2,(H,15,16). The molecule has 1 heterocycles. The van der Waals surface area contributed by atoms with Gasteiger partial charge in [-0.1, -0.05) is 19.7 Å². The third kappa shape index (κ3) is 1.98. The molecule has 84 valence electrons. The van der Waals surface area contributed by atoms with Gasteiger partial charge in [0, 0.05) is 0 Å². The van der Waals surface area contributed by atoms with Gasteiger partial charge in [0.25, 0.3) is 5.56 Å². The van der Waals surface area contributed by atoms with E-state index in [4.69, 9.17) is 0 Å². The molecule has 0 amide bonds. The zero-order valence-electron chi connectivity index (χ0n) is 8.46. The first-order chi connectivity index (χ1) is 7.46. The van der Waals surface area contributed by atoms with Crippen molar-refractivity contribution in [3.05, 3.63) is 53.2 Å². The smallest absolute Gasteiger partial charge is 0.313 e. The molecule has 1 rings (SSSR count). The van der Waals surface area contributed by atoms with E-state index in [0.717, 1.165) is 0 Å². The van der Waals surface area contributed by atoms with Crippen molar-refractivity contribution in [1.82, 2.24) is 9.97 Å². The van der Waals surface area contributed by atoms with Crippen LogP contribution >= 0.6 is 0 Å². The van der Waals surface area contributed by atoms with Crippen molar-refractivity contribution in [2.45, 2.75) is 5.92 Å². The number of rotatable bonds is 4. The van der Waals surface area contributed by atoms with Crippen molar-refractivity contribution in [3.63, 3.8) is 0 Å². The minimum Gasteiger partial charge on any atom is -0.319 e. The predicted octanol–water partition coefficient (Wildman–Crippen LogP) is 2.33. The molecule has 0 fully saturated rings. The van der Waals surface area contributed by atoms with E-state index < -0.39 is 17.2 Å². The number of nitrogens with one attached hydrogen (secondary N) is 1. The number of aromatic amines is 1. The maximum atomic E-state index is 13.2. The van der Waals surface area contributed by atoms with Gasteiger partial charge in [0.05, 0.1) is 11.4 Å². The van der Waals surface area contributed by atoms with Gasteiger partial charge in [-0.05, 0) is 18.2 Å². The molecule has 0 aliphatic rings. The molecule has 0 spiro atoms. The number of allylic oxidation sites excluding steroid dienone is 1. The van der Waals surface area contributed by atoms with Crippen LogP contribution in [0.2, 0.25) is 0 Å². The van der Waals surface area contributed by atoms with E-state index in [0.29, 0.717) is 6.08 Å². The van der Waals surface area contributed by atoms with E-state index in [-0.39, 0.29) is 11.4 Å². The first kappa shape index (κ1) is 12.0. The molecular weight excluding hydrogens is 214 g/mol. The highest BCUT2D eigenvalue weighted by molar-refractivity contribution is 5.57. The Hall–Kier alpha value is -2.04. The molecule has 0 bridgehead atoms. The summed E-state index contributed by atoms with van der Waals surface area (Å²) in [6, 6.07) is 0. The summed E-state index contributed by atoms with van der Waals surface area (Å²) in [5.74, 6) is -3.47. The molecule has 16 heavy (non-hydrogen) atoms. The number of aromatic nitrogens is 2. The van der Waals surface area contributed by atoms with Crippen LogP contribution in [-0.2, 0) is 5.92 Å². The average Bonchev–Trinajstić information content (AvgIpc) is 2.28. The normalized spacial score (nSPS) is 10.9. The lowest BCUT2D eigenvalue weighted by atomic mass is 10.2. The summed E-state index contributed by atoms with van der Waals surface area (Å²) in [6.07, 6.45) is 2.93. The quantitative estimate of drug-likeness (QED) is 0.798. The number of H-pyrrole nitrogens is 1. The van der Waals surface area contributed by atoms with Crippen LogP contribution in [0.25, 0.3) is 12.2 Å². The third-order valence-electron chi connectivity index (χ3n) is 1.94. The van der Waals surface area contributed by atoms with Crippen molar-refractivity contribution >= 4 is 12.2 Å². The fourth-order valence-corrected chi connectivity index (χ4v) is 1.11. The van der Waals surface area contributed by atoms with Gasteiger partial charge in [0.2, 0.25) is 0 Å². The molecule has 0 aliphatic heterocycles. The lowest BCUT2D eigenvalue weighted by Gasteiger charge is -2.11. The van der Waals surface area contributed by atoms with Gasteiger partial charge in [-0.15, -0.1) is 0 Å². The van der Waals surface area contributed by atoms with Crippen molar-refractivity contribution < 1.29 is 8.78 Å². The molecular formula is C11H10F2N2O. The zero-order chi connectivity index (χ0) is 12.3. The van der Waals surface area contributed by atoms with Gasteiger partial charge in [0.15, 0.2) is 5.69 Å². The molecule has 1 aromatic rings. The highest BCUT2D eigenvalue weighted by Gasteiger charge is 2.33. The predicted molar refractivity (Wildman–Crippen MR) is 59.1 cm³/mol. The molecule has 0 aliphatic carbocycles. The molecule has 0 saturated carbocycles. The Balaban J connectivity index is 3.56. The molecule has 0 radical (unpaired) electrons. The summed E-state index contributed by atoms with van der Waals surface area (Å²) in [6.45, 7) is 9.80. The van der Waals surface area contributed by atoms with E-state index in [2.05, 4.69) is 29.7 Å². The third-order valence-corrected chi connectivity index (χ3v) is 1.94. The van der Waals surface area contributed by atoms with Crippen LogP contribution < -0.4 is 5.56 Å². The molecule has 1 N–H and O–H groups in total. The van der Waals surface area contributed by atoms with Gasteiger partial charge in [-0.25, -0.2) is 4.98 Å². The molecule has 0 saturated heterocycles. The molecule has 5 heteroatoms. The SMILES string of the molecule is C=Cc1nc(C(F)(F)C=C)c(=O)[nH]c1C=C. The summed E-state index contributed by atoms with van der Waals surface area (Å²) in [4.78, 5) is 17.1. The summed E-state index contributed by atoms with van der Waals surface area (Å²) >= 11 is 0. The Morgan fingerprint density at radius 3 is 2.31 bits per heavy atom. The summed E-state index contributed by atoms with van der Waals surface area (Å²) in [7, 11) is 0. The van der Waals surface area contributed by atoms with E-state index in [1.165, 1.54) is 12.2 Å². The molecule has 0 unspecified atom stereocenters. The second-order valence-electron chi connectivity index (χ2n) is 2.95. The number of nitrogens with zero attached hydrogens (tertiary/aromatic N) is 1. The molecule has 0 aromatic carbocycles. The van der Waals surface area contributed by atoms with Crippen molar-refractivity contribution in [1.29, 1.82) is 0 Å². The Labute approximate surface area is 90.8 Å². The summed E-state index contributed by atoms with van der Waals surface area (Å²) in [5, 5.41) is 0. The van der Waals surface area contributed by atoms with Crippen LogP contribution in [0.5, 0.6) is 0 Å². The average molecular weight is 224 g/mol. The Kier molecular flexibility index (Phi) is 3.17. The van der Waals surface area contributed by atoms with Crippen LogP contribution in [0.4, 0.5) is 8.78 Å². The Morgan fingerprint density at radius 1 is 1.25 bits per heavy atom. The van der Waals surface area contributed by atoms with Gasteiger partial charge >= 0.3 is 5.92 Å². The van der Waals surface area contributed by atoms with Crippen LogP contribution in [0.15, 0.2) is 30.6 Å². The largest absolute Gasteiger partial charge is 0.319 e. The summed E-state index contributed by atoms with van der Waals surface area (Å²) < 4.78 is 26.5. The number of halogens is 2. The fourth-order valence-electron chi connectivity index (χ4n) is 1.11. The van der Waals surface area contributed by atoms with E-state index in [1.807, 2.05) is 0 Å². The summed E-state index contributed by atoms with van der Waals surface area (Å²) in [5.41, 5.74) is -1.47. The Morgan fingerprint density at radius 2 is 1.88 bits per heavy atom. The monoisotopic (exact) mass is 224 g/mol. The van der Waals surface area contributed by atoms with Crippen LogP contribution in [0, 0.1) is 0 Å². The minimum atomic E-state index is -3.47. The van der Waals surface area contributed by atoms with Crippen molar-refractivity contribution in [2.75, 3.05) is 0 Å². The highest BCUT2D eigenvalue weighted by Crippen LogP contribution is 2.25. The molecule has 3 nitrogen and oxygen atoms in total. The second kappa shape index (κ2) is 4.22. The zero-order valence-corrected chi connectivity index (χ0v) is 8.46. The molecule has 0 atom stereocenters.